The molecule has 2 unspecified atom stereocenters. The molecule has 27 heavy (non-hydrogen) atoms. The Labute approximate surface area is 162 Å². The molecule has 3 rings (SSSR count). The van der Waals surface area contributed by atoms with Gasteiger partial charge in [-0.3, -0.25) is 4.79 Å². The van der Waals surface area contributed by atoms with E-state index >= 15 is 0 Å². The van der Waals surface area contributed by atoms with Crippen molar-refractivity contribution in [1.29, 1.82) is 0 Å². The van der Waals surface area contributed by atoms with Crippen molar-refractivity contribution in [1.82, 2.24) is 9.29 Å². The molecule has 0 radical (unpaired) electrons. The number of hydrogen-bond acceptors (Lipinski definition) is 4. The second-order valence-electron chi connectivity index (χ2n) is 8.13. The molecular weight excluding hydrogens is 364 g/mol. The van der Waals surface area contributed by atoms with Gasteiger partial charge in [-0.2, -0.15) is 0 Å². The van der Waals surface area contributed by atoms with Gasteiger partial charge in [0.1, 0.15) is 0 Å². The monoisotopic (exact) mass is 396 g/mol. The topological polar surface area (TPSA) is 77.4 Å². The van der Waals surface area contributed by atoms with Gasteiger partial charge in [0.15, 0.2) is 0 Å². The van der Waals surface area contributed by atoms with Crippen LogP contribution in [0.15, 0.2) is 16.9 Å². The molecule has 2 aliphatic rings. The molecule has 1 aromatic heterocycles. The molecule has 2 atom stereocenters. The molecule has 6 nitrogen and oxygen atoms in total. The predicted molar refractivity (Wildman–Crippen MR) is 107 cm³/mol. The lowest BCUT2D eigenvalue weighted by atomic mass is 9.89. The van der Waals surface area contributed by atoms with Crippen LogP contribution in [0.3, 0.4) is 0 Å². The smallest absolute Gasteiger partial charge is 0.254 e. The third-order valence-electron chi connectivity index (χ3n) is 6.08. The van der Waals surface area contributed by atoms with E-state index in [0.717, 1.165) is 37.3 Å². The molecule has 0 bridgehead atoms. The minimum atomic E-state index is -3.35. The first-order valence-electron chi connectivity index (χ1n) is 10.1. The van der Waals surface area contributed by atoms with Crippen molar-refractivity contribution in [3.05, 3.63) is 33.7 Å². The van der Waals surface area contributed by atoms with Crippen LogP contribution in [0, 0.1) is 12.8 Å². The summed E-state index contributed by atoms with van der Waals surface area (Å²) in [6.45, 7) is 6.07. The van der Waals surface area contributed by atoms with Gasteiger partial charge in [-0.15, -0.1) is 0 Å². The third-order valence-corrected chi connectivity index (χ3v) is 7.50. The number of ether oxygens (including phenoxy) is 1. The average Bonchev–Trinajstić information content (AvgIpc) is 2.65. The molecule has 0 amide bonds. The van der Waals surface area contributed by atoms with E-state index < -0.39 is 10.0 Å². The van der Waals surface area contributed by atoms with E-state index in [1.807, 2.05) is 12.1 Å². The van der Waals surface area contributed by atoms with Crippen LogP contribution in [0.5, 0.6) is 0 Å². The molecule has 1 saturated carbocycles. The van der Waals surface area contributed by atoms with Crippen molar-refractivity contribution in [2.45, 2.75) is 77.5 Å². The lowest BCUT2D eigenvalue weighted by Gasteiger charge is -2.37. The lowest BCUT2D eigenvalue weighted by Crippen LogP contribution is -2.50. The van der Waals surface area contributed by atoms with Crippen LogP contribution in [0.2, 0.25) is 0 Å². The molecule has 2 heterocycles. The molecule has 1 aromatic rings. The Morgan fingerprint density at radius 3 is 2.56 bits per heavy atom. The zero-order valence-corrected chi connectivity index (χ0v) is 17.4. The van der Waals surface area contributed by atoms with Crippen LogP contribution in [0.4, 0.5) is 0 Å². The fraction of sp³-hybridized carbons (Fsp3) is 0.750. The molecule has 152 valence electrons. The number of sulfonamides is 1. The molecular formula is C20H32N2O4S. The first kappa shape index (κ1) is 20.6. The Balaban J connectivity index is 1.84. The Kier molecular flexibility index (Phi) is 6.43. The number of rotatable bonds is 6. The van der Waals surface area contributed by atoms with Gasteiger partial charge in [-0.25, -0.2) is 13.1 Å². The first-order valence-corrected chi connectivity index (χ1v) is 11.8. The first-order chi connectivity index (χ1) is 12.8. The van der Waals surface area contributed by atoms with Crippen LogP contribution in [0.1, 0.15) is 63.3 Å². The maximum Gasteiger partial charge on any atom is 0.254 e. The van der Waals surface area contributed by atoms with Gasteiger partial charge in [-0.1, -0.05) is 13.0 Å². The van der Waals surface area contributed by atoms with Gasteiger partial charge in [0.05, 0.1) is 24.5 Å². The van der Waals surface area contributed by atoms with Gasteiger partial charge in [0, 0.05) is 17.3 Å². The quantitative estimate of drug-likeness (QED) is 0.802. The minimum absolute atomic E-state index is 0.0349. The summed E-state index contributed by atoms with van der Waals surface area (Å²) in [5.41, 5.74) is 1.59. The largest absolute Gasteiger partial charge is 0.376 e. The van der Waals surface area contributed by atoms with E-state index in [4.69, 9.17) is 4.74 Å². The second-order valence-corrected chi connectivity index (χ2v) is 10.2. The Morgan fingerprint density at radius 2 is 1.89 bits per heavy atom. The second kappa shape index (κ2) is 8.45. The SMILES string of the molecule is CCS(=O)(=O)NC1CCc2ccc(C)c(=O)n2C1COC1CCC(C)CC1. The van der Waals surface area contributed by atoms with Crippen LogP contribution < -0.4 is 10.3 Å². The Hall–Kier alpha value is -1.18. The van der Waals surface area contributed by atoms with E-state index in [2.05, 4.69) is 11.6 Å². The lowest BCUT2D eigenvalue weighted by molar-refractivity contribution is -0.00538. The van der Waals surface area contributed by atoms with Gasteiger partial charge < -0.3 is 9.30 Å². The molecule has 1 aliphatic carbocycles. The summed E-state index contributed by atoms with van der Waals surface area (Å²) in [6, 6.07) is 3.22. The molecule has 7 heteroatoms. The minimum Gasteiger partial charge on any atom is -0.376 e. The number of aromatic nitrogens is 1. The number of pyridine rings is 1. The summed E-state index contributed by atoms with van der Waals surface area (Å²) in [5, 5.41) is 0. The predicted octanol–water partition coefficient (Wildman–Crippen LogP) is 2.55. The van der Waals surface area contributed by atoms with Gasteiger partial charge in [-0.05, 0) is 64.4 Å². The number of nitrogens with zero attached hydrogens (tertiary/aromatic N) is 1. The molecule has 0 saturated heterocycles. The molecule has 1 aliphatic heterocycles. The molecule has 1 N–H and O–H groups in total. The van der Waals surface area contributed by atoms with Gasteiger partial charge in [0.25, 0.3) is 5.56 Å². The standard InChI is InChI=1S/C20H32N2O4S/c1-4-27(24,25)21-18-12-9-16-8-7-15(3)20(23)22(16)19(18)13-26-17-10-5-14(2)6-11-17/h7-8,14,17-19,21H,4-6,9-13H2,1-3H3. The Bertz CT molecular complexity index is 810. The van der Waals surface area contributed by atoms with Gasteiger partial charge >= 0.3 is 0 Å². The summed E-state index contributed by atoms with van der Waals surface area (Å²) in [6.07, 6.45) is 5.97. The number of fused-ring (bicyclic) bond motifs is 1. The summed E-state index contributed by atoms with van der Waals surface area (Å²) in [5.74, 6) is 0.780. The van der Waals surface area contributed by atoms with Crippen LogP contribution in [-0.4, -0.2) is 37.5 Å². The van der Waals surface area contributed by atoms with Crippen LogP contribution in [-0.2, 0) is 21.2 Å². The van der Waals surface area contributed by atoms with Crippen molar-refractivity contribution in [2.75, 3.05) is 12.4 Å². The van der Waals surface area contributed by atoms with Crippen LogP contribution >= 0.6 is 0 Å². The zero-order valence-electron chi connectivity index (χ0n) is 16.6. The van der Waals surface area contributed by atoms with Crippen molar-refractivity contribution < 1.29 is 13.2 Å². The van der Waals surface area contributed by atoms with E-state index in [9.17, 15) is 13.2 Å². The fourth-order valence-electron chi connectivity index (χ4n) is 4.21. The molecule has 0 spiro atoms. The fourth-order valence-corrected chi connectivity index (χ4v) is 5.11. The summed E-state index contributed by atoms with van der Waals surface area (Å²) < 4.78 is 35.1. The van der Waals surface area contributed by atoms with E-state index in [1.165, 1.54) is 0 Å². The van der Waals surface area contributed by atoms with Crippen LogP contribution in [0.25, 0.3) is 0 Å². The average molecular weight is 397 g/mol. The summed E-state index contributed by atoms with van der Waals surface area (Å²) in [7, 11) is -3.35. The van der Waals surface area contributed by atoms with E-state index in [-0.39, 0.29) is 29.5 Å². The number of hydrogen-bond donors (Lipinski definition) is 1. The summed E-state index contributed by atoms with van der Waals surface area (Å²) >= 11 is 0. The van der Waals surface area contributed by atoms with Crippen molar-refractivity contribution >= 4 is 10.0 Å². The summed E-state index contributed by atoms with van der Waals surface area (Å²) in [4.78, 5) is 12.8. The maximum atomic E-state index is 12.8. The highest BCUT2D eigenvalue weighted by Gasteiger charge is 2.34. The van der Waals surface area contributed by atoms with E-state index in [1.54, 1.807) is 18.4 Å². The molecule has 1 fully saturated rings. The normalized spacial score (nSPS) is 28.7. The number of nitrogens with one attached hydrogen (secondary N) is 1. The van der Waals surface area contributed by atoms with Gasteiger partial charge in [0.2, 0.25) is 10.0 Å². The highest BCUT2D eigenvalue weighted by atomic mass is 32.2. The van der Waals surface area contributed by atoms with Crippen molar-refractivity contribution in [2.24, 2.45) is 5.92 Å². The highest BCUT2D eigenvalue weighted by molar-refractivity contribution is 7.89. The van der Waals surface area contributed by atoms with Crippen molar-refractivity contribution in [3.8, 4) is 0 Å². The maximum absolute atomic E-state index is 12.8. The number of aryl methyl sites for hydroxylation is 2. The zero-order chi connectivity index (χ0) is 19.6. The Morgan fingerprint density at radius 1 is 1.19 bits per heavy atom. The van der Waals surface area contributed by atoms with E-state index in [0.29, 0.717) is 25.0 Å². The highest BCUT2D eigenvalue weighted by Crippen LogP contribution is 2.29. The van der Waals surface area contributed by atoms with Crippen molar-refractivity contribution in [3.63, 3.8) is 0 Å². The third kappa shape index (κ3) is 4.81. The molecule has 0 aromatic carbocycles.